The predicted molar refractivity (Wildman–Crippen MR) is 106 cm³/mol. The van der Waals surface area contributed by atoms with Crippen molar-refractivity contribution >= 4 is 17.5 Å². The van der Waals surface area contributed by atoms with Crippen LogP contribution in [0.15, 0.2) is 35.4 Å². The fraction of sp³-hybridized carbons (Fsp3) is 0.522. The third-order valence-corrected chi connectivity index (χ3v) is 5.93. The van der Waals surface area contributed by atoms with Gasteiger partial charge in [0.2, 0.25) is 0 Å². The van der Waals surface area contributed by atoms with E-state index < -0.39 is 5.97 Å². The first-order valence-corrected chi connectivity index (χ1v) is 9.65. The lowest BCUT2D eigenvalue weighted by Gasteiger charge is -2.34. The molecule has 27 heavy (non-hydrogen) atoms. The summed E-state index contributed by atoms with van der Waals surface area (Å²) in [5, 5.41) is 8.97. The maximum atomic E-state index is 13.0. The first kappa shape index (κ1) is 21.1. The third kappa shape index (κ3) is 4.74. The van der Waals surface area contributed by atoms with Gasteiger partial charge in [-0.25, -0.2) is 4.79 Å². The van der Waals surface area contributed by atoms with Crippen LogP contribution in [0.3, 0.4) is 0 Å². The molecule has 4 heteroatoms. The van der Waals surface area contributed by atoms with E-state index in [1.165, 1.54) is 17.7 Å². The minimum atomic E-state index is -1.01. The quantitative estimate of drug-likeness (QED) is 0.659. The topological polar surface area (TPSA) is 71.4 Å². The Labute approximate surface area is 161 Å². The highest BCUT2D eigenvalue weighted by molar-refractivity contribution is 6.00. The number of carbonyl (C=O) groups is 3. The van der Waals surface area contributed by atoms with Gasteiger partial charge >= 0.3 is 5.97 Å². The van der Waals surface area contributed by atoms with Gasteiger partial charge in [0, 0.05) is 17.9 Å². The van der Waals surface area contributed by atoms with Crippen molar-refractivity contribution in [1.29, 1.82) is 0 Å². The number of aromatic carboxylic acids is 1. The van der Waals surface area contributed by atoms with Gasteiger partial charge in [0.05, 0.1) is 5.56 Å². The minimum absolute atomic E-state index is 0.0548. The van der Waals surface area contributed by atoms with Crippen molar-refractivity contribution in [2.24, 2.45) is 17.3 Å². The largest absolute Gasteiger partial charge is 0.478 e. The van der Waals surface area contributed by atoms with E-state index in [-0.39, 0.29) is 34.4 Å². The van der Waals surface area contributed by atoms with Gasteiger partial charge in [-0.3, -0.25) is 9.59 Å². The number of ketones is 2. The Morgan fingerprint density at radius 1 is 1.07 bits per heavy atom. The summed E-state index contributed by atoms with van der Waals surface area (Å²) in [5.41, 5.74) is 2.68. The minimum Gasteiger partial charge on any atom is -0.478 e. The zero-order valence-electron chi connectivity index (χ0n) is 17.0. The molecule has 0 amide bonds. The summed E-state index contributed by atoms with van der Waals surface area (Å²) in [4.78, 5) is 36.7. The molecule has 0 aromatic heterocycles. The van der Waals surface area contributed by atoms with Crippen molar-refractivity contribution in [3.05, 3.63) is 46.5 Å². The molecule has 1 N–H and O–H groups in total. The second-order valence-electron chi connectivity index (χ2n) is 8.53. The second-order valence-corrected chi connectivity index (χ2v) is 8.53. The Kier molecular flexibility index (Phi) is 6.40. The lowest BCUT2D eigenvalue weighted by molar-refractivity contribution is -0.117. The molecule has 1 aromatic carbocycles. The van der Waals surface area contributed by atoms with Crippen LogP contribution in [-0.4, -0.2) is 22.6 Å². The third-order valence-electron chi connectivity index (χ3n) is 5.93. The first-order chi connectivity index (χ1) is 12.5. The maximum absolute atomic E-state index is 13.0. The number of allylic oxidation sites excluding steroid dienone is 2. The molecule has 0 bridgehead atoms. The second kappa shape index (κ2) is 8.20. The average molecular weight is 370 g/mol. The average Bonchev–Trinajstić information content (AvgIpc) is 2.59. The molecule has 1 aliphatic carbocycles. The smallest absolute Gasteiger partial charge is 0.335 e. The summed E-state index contributed by atoms with van der Waals surface area (Å²) in [5.74, 6) is -1.30. The maximum Gasteiger partial charge on any atom is 0.335 e. The van der Waals surface area contributed by atoms with Gasteiger partial charge in [-0.1, -0.05) is 45.4 Å². The van der Waals surface area contributed by atoms with Gasteiger partial charge in [0.1, 0.15) is 0 Å². The molecule has 2 rings (SSSR count). The highest BCUT2D eigenvalue weighted by Gasteiger charge is 2.34. The molecule has 2 atom stereocenters. The molecule has 0 saturated carbocycles. The number of carboxylic acid groups (broad SMARTS) is 1. The number of carboxylic acids is 1. The Hall–Kier alpha value is -2.23. The molecule has 0 spiro atoms. The Morgan fingerprint density at radius 2 is 1.63 bits per heavy atom. The van der Waals surface area contributed by atoms with Crippen LogP contribution in [0.4, 0.5) is 0 Å². The van der Waals surface area contributed by atoms with E-state index in [9.17, 15) is 14.4 Å². The van der Waals surface area contributed by atoms with Crippen LogP contribution in [0.2, 0.25) is 0 Å². The van der Waals surface area contributed by atoms with E-state index in [1.807, 2.05) is 13.8 Å². The summed E-state index contributed by atoms with van der Waals surface area (Å²) in [6.45, 7) is 10.1. The van der Waals surface area contributed by atoms with E-state index in [4.69, 9.17) is 5.11 Å². The van der Waals surface area contributed by atoms with Crippen LogP contribution < -0.4 is 0 Å². The van der Waals surface area contributed by atoms with Crippen molar-refractivity contribution in [3.8, 4) is 0 Å². The SMILES string of the molecule is CC1=C(C(=O)CC(C)C(C)C(=O)c2ccc(C(=O)O)cc2)C(C)(C)CCC1. The molecule has 0 saturated heterocycles. The van der Waals surface area contributed by atoms with Gasteiger partial charge in [-0.05, 0) is 55.2 Å². The molecule has 0 fully saturated rings. The summed E-state index contributed by atoms with van der Waals surface area (Å²) in [6.07, 6.45) is 3.47. The molecule has 0 aliphatic heterocycles. The van der Waals surface area contributed by atoms with Crippen molar-refractivity contribution < 1.29 is 19.5 Å². The molecule has 146 valence electrons. The van der Waals surface area contributed by atoms with Crippen molar-refractivity contribution in [2.75, 3.05) is 0 Å². The summed E-state index contributed by atoms with van der Waals surface area (Å²) in [7, 11) is 0. The normalized spacial score (nSPS) is 18.7. The lowest BCUT2D eigenvalue weighted by Crippen LogP contribution is -2.29. The molecular formula is C23H30O4. The van der Waals surface area contributed by atoms with Gasteiger partial charge < -0.3 is 5.11 Å². The van der Waals surface area contributed by atoms with Gasteiger partial charge in [-0.15, -0.1) is 0 Å². The van der Waals surface area contributed by atoms with Crippen molar-refractivity contribution in [2.45, 2.75) is 60.3 Å². The number of benzene rings is 1. The molecule has 2 unspecified atom stereocenters. The van der Waals surface area contributed by atoms with Gasteiger partial charge in [0.25, 0.3) is 0 Å². The Bertz CT molecular complexity index is 768. The zero-order chi connectivity index (χ0) is 20.4. The molecule has 0 radical (unpaired) electrons. The highest BCUT2D eigenvalue weighted by Crippen LogP contribution is 2.41. The molecule has 4 nitrogen and oxygen atoms in total. The van der Waals surface area contributed by atoms with Crippen LogP contribution in [0.25, 0.3) is 0 Å². The highest BCUT2D eigenvalue weighted by atomic mass is 16.4. The summed E-state index contributed by atoms with van der Waals surface area (Å²) >= 11 is 0. The molecule has 1 aromatic rings. The number of Topliss-reactive ketones (excluding diaryl/α,β-unsaturated/α-hetero) is 2. The van der Waals surface area contributed by atoms with Gasteiger partial charge in [-0.2, -0.15) is 0 Å². The Balaban J connectivity index is 2.10. The van der Waals surface area contributed by atoms with Crippen LogP contribution >= 0.6 is 0 Å². The van der Waals surface area contributed by atoms with Crippen LogP contribution in [0, 0.1) is 17.3 Å². The molecule has 1 aliphatic rings. The summed E-state index contributed by atoms with van der Waals surface area (Å²) < 4.78 is 0. The number of hydrogen-bond donors (Lipinski definition) is 1. The molecular weight excluding hydrogens is 340 g/mol. The van der Waals surface area contributed by atoms with Crippen molar-refractivity contribution in [3.63, 3.8) is 0 Å². The van der Waals surface area contributed by atoms with E-state index >= 15 is 0 Å². The monoisotopic (exact) mass is 370 g/mol. The Morgan fingerprint density at radius 3 is 2.15 bits per heavy atom. The predicted octanol–water partition coefficient (Wildman–Crippen LogP) is 5.33. The van der Waals surface area contributed by atoms with Crippen LogP contribution in [-0.2, 0) is 4.79 Å². The van der Waals surface area contributed by atoms with E-state index in [1.54, 1.807) is 12.1 Å². The number of carbonyl (C=O) groups excluding carboxylic acids is 2. The van der Waals surface area contributed by atoms with E-state index in [0.29, 0.717) is 12.0 Å². The first-order valence-electron chi connectivity index (χ1n) is 9.65. The lowest BCUT2D eigenvalue weighted by atomic mass is 9.69. The van der Waals surface area contributed by atoms with E-state index in [0.717, 1.165) is 24.8 Å². The zero-order valence-corrected chi connectivity index (χ0v) is 17.0. The summed E-state index contributed by atoms with van der Waals surface area (Å²) in [6, 6.07) is 5.98. The van der Waals surface area contributed by atoms with E-state index in [2.05, 4.69) is 20.8 Å². The van der Waals surface area contributed by atoms with Crippen LogP contribution in [0.1, 0.15) is 81.0 Å². The number of hydrogen-bond acceptors (Lipinski definition) is 3. The number of rotatable bonds is 7. The fourth-order valence-electron chi connectivity index (χ4n) is 4.11. The van der Waals surface area contributed by atoms with Gasteiger partial charge in [0.15, 0.2) is 11.6 Å². The standard InChI is InChI=1S/C23H30O4/c1-14-7-6-12-23(4,5)20(14)19(24)13-15(2)16(3)21(25)17-8-10-18(11-9-17)22(26)27/h8-11,15-16H,6-7,12-13H2,1-5H3,(H,26,27). The van der Waals surface area contributed by atoms with Crippen LogP contribution in [0.5, 0.6) is 0 Å². The fourth-order valence-corrected chi connectivity index (χ4v) is 4.11. The van der Waals surface area contributed by atoms with Crippen molar-refractivity contribution in [1.82, 2.24) is 0 Å². The molecule has 0 heterocycles.